The van der Waals surface area contributed by atoms with Crippen molar-refractivity contribution < 1.29 is 9.84 Å². The van der Waals surface area contributed by atoms with Crippen molar-refractivity contribution in [3.63, 3.8) is 0 Å². The summed E-state index contributed by atoms with van der Waals surface area (Å²) in [7, 11) is 0. The van der Waals surface area contributed by atoms with Gasteiger partial charge >= 0.3 is 0 Å². The monoisotopic (exact) mass is 442 g/mol. The molecule has 1 aliphatic heterocycles. The fourth-order valence-corrected chi connectivity index (χ4v) is 3.58. The van der Waals surface area contributed by atoms with E-state index in [0.717, 1.165) is 21.3 Å². The van der Waals surface area contributed by atoms with Gasteiger partial charge in [0.2, 0.25) is 11.0 Å². The van der Waals surface area contributed by atoms with Gasteiger partial charge in [-0.15, -0.1) is 16.8 Å². The molecule has 0 aliphatic carbocycles. The lowest BCUT2D eigenvalue weighted by Crippen LogP contribution is -2.17. The zero-order valence-electron chi connectivity index (χ0n) is 14.1. The van der Waals surface area contributed by atoms with E-state index in [1.165, 1.54) is 11.8 Å². The van der Waals surface area contributed by atoms with Crippen LogP contribution in [0.2, 0.25) is 0 Å². The van der Waals surface area contributed by atoms with Gasteiger partial charge in [-0.25, -0.2) is 0 Å². The number of hydrogen-bond donors (Lipinski definition) is 2. The van der Waals surface area contributed by atoms with E-state index in [9.17, 15) is 5.11 Å². The molecule has 1 atom stereocenters. The lowest BCUT2D eigenvalue weighted by atomic mass is 10.1. The Labute approximate surface area is 168 Å². The zero-order valence-corrected chi connectivity index (χ0v) is 16.5. The zero-order chi connectivity index (χ0) is 18.8. The van der Waals surface area contributed by atoms with Crippen LogP contribution in [0.15, 0.2) is 64.7 Å². The number of anilines is 1. The highest BCUT2D eigenvalue weighted by Crippen LogP contribution is 2.41. The van der Waals surface area contributed by atoms with Crippen molar-refractivity contribution in [3.8, 4) is 22.9 Å². The highest BCUT2D eigenvalue weighted by Gasteiger charge is 2.26. The van der Waals surface area contributed by atoms with Gasteiger partial charge in [0.15, 0.2) is 11.9 Å². The Kier molecular flexibility index (Phi) is 5.00. The Morgan fingerprint density at radius 2 is 2.15 bits per heavy atom. The third-order valence-corrected chi connectivity index (χ3v) is 5.22. The summed E-state index contributed by atoms with van der Waals surface area (Å²) in [6, 6.07) is 12.7. The van der Waals surface area contributed by atoms with Gasteiger partial charge in [0.1, 0.15) is 5.75 Å². The molecule has 8 heteroatoms. The summed E-state index contributed by atoms with van der Waals surface area (Å²) >= 11 is 4.93. The number of phenolic OH excluding ortho intramolecular Hbond substituents is 1. The molecule has 0 fully saturated rings. The number of halogens is 1. The van der Waals surface area contributed by atoms with Gasteiger partial charge in [-0.05, 0) is 30.3 Å². The van der Waals surface area contributed by atoms with Crippen molar-refractivity contribution in [3.05, 3.63) is 65.2 Å². The summed E-state index contributed by atoms with van der Waals surface area (Å²) in [6.07, 6.45) is 1.25. The molecular weight excluding hydrogens is 428 g/mol. The first-order valence-corrected chi connectivity index (χ1v) is 9.92. The fourth-order valence-electron chi connectivity index (χ4n) is 2.70. The SMILES string of the molecule is C=CCSc1nnc2c(n1)OC(c1cccc(O)c1)Nc1ccc(Br)cc1-2. The van der Waals surface area contributed by atoms with E-state index in [0.29, 0.717) is 22.5 Å². The van der Waals surface area contributed by atoms with Gasteiger partial charge in [-0.1, -0.05) is 45.9 Å². The van der Waals surface area contributed by atoms with Crippen LogP contribution >= 0.6 is 27.7 Å². The molecule has 2 N–H and O–H groups in total. The van der Waals surface area contributed by atoms with Gasteiger partial charge in [0.25, 0.3) is 0 Å². The summed E-state index contributed by atoms with van der Waals surface area (Å²) in [6.45, 7) is 3.71. The van der Waals surface area contributed by atoms with Gasteiger partial charge < -0.3 is 15.2 Å². The molecule has 0 saturated carbocycles. The maximum absolute atomic E-state index is 9.84. The summed E-state index contributed by atoms with van der Waals surface area (Å²) in [5.74, 6) is 1.23. The number of aromatic nitrogens is 3. The Balaban J connectivity index is 1.83. The molecule has 0 amide bonds. The van der Waals surface area contributed by atoms with Crippen LogP contribution in [0.3, 0.4) is 0 Å². The van der Waals surface area contributed by atoms with Crippen LogP contribution in [0.1, 0.15) is 11.8 Å². The van der Waals surface area contributed by atoms with Gasteiger partial charge in [0, 0.05) is 27.0 Å². The first-order valence-electron chi connectivity index (χ1n) is 8.14. The Bertz CT molecular complexity index is 1010. The summed E-state index contributed by atoms with van der Waals surface area (Å²) in [4.78, 5) is 4.54. The standard InChI is InChI=1S/C19H15BrN4O2S/c1-2-8-27-19-22-18-16(23-24-19)14-10-12(20)6-7-15(14)21-17(26-18)11-4-3-5-13(25)9-11/h2-7,9-10,17,21,25H,1,8H2. The summed E-state index contributed by atoms with van der Waals surface area (Å²) in [5, 5.41) is 22.3. The Morgan fingerprint density at radius 1 is 1.26 bits per heavy atom. The maximum Gasteiger partial charge on any atom is 0.247 e. The molecule has 2 heterocycles. The Morgan fingerprint density at radius 3 is 2.96 bits per heavy atom. The van der Waals surface area contributed by atoms with Crippen molar-refractivity contribution in [1.82, 2.24) is 15.2 Å². The number of nitrogens with zero attached hydrogens (tertiary/aromatic N) is 3. The third-order valence-electron chi connectivity index (χ3n) is 3.89. The first-order chi connectivity index (χ1) is 13.1. The number of aromatic hydroxyl groups is 1. The number of thioether (sulfide) groups is 1. The predicted molar refractivity (Wildman–Crippen MR) is 109 cm³/mol. The van der Waals surface area contributed by atoms with Crippen molar-refractivity contribution in [2.45, 2.75) is 11.4 Å². The number of rotatable bonds is 4. The molecule has 27 heavy (non-hydrogen) atoms. The molecule has 6 nitrogen and oxygen atoms in total. The van der Waals surface area contributed by atoms with E-state index in [2.05, 4.69) is 43.0 Å². The van der Waals surface area contributed by atoms with Crippen molar-refractivity contribution in [2.75, 3.05) is 11.1 Å². The molecule has 0 bridgehead atoms. The lowest BCUT2D eigenvalue weighted by molar-refractivity contribution is 0.225. The Hall–Kier alpha value is -2.58. The van der Waals surface area contributed by atoms with Crippen LogP contribution < -0.4 is 10.1 Å². The van der Waals surface area contributed by atoms with Crippen LogP contribution in [0, 0.1) is 0 Å². The highest BCUT2D eigenvalue weighted by molar-refractivity contribution is 9.10. The smallest absolute Gasteiger partial charge is 0.247 e. The third kappa shape index (κ3) is 3.77. The minimum atomic E-state index is -0.535. The average molecular weight is 443 g/mol. The molecule has 1 unspecified atom stereocenters. The lowest BCUT2D eigenvalue weighted by Gasteiger charge is -2.19. The number of phenols is 1. The molecule has 4 rings (SSSR count). The second kappa shape index (κ2) is 7.58. The average Bonchev–Trinajstić information content (AvgIpc) is 2.82. The molecule has 1 aromatic heterocycles. The van der Waals surface area contributed by atoms with Crippen LogP contribution in [0.5, 0.6) is 11.6 Å². The van der Waals surface area contributed by atoms with E-state index >= 15 is 0 Å². The minimum absolute atomic E-state index is 0.168. The van der Waals surface area contributed by atoms with Crippen molar-refractivity contribution in [1.29, 1.82) is 0 Å². The molecule has 3 aromatic rings. The minimum Gasteiger partial charge on any atom is -0.508 e. The molecule has 1 aliphatic rings. The van der Waals surface area contributed by atoms with Crippen LogP contribution in [0.25, 0.3) is 11.3 Å². The van der Waals surface area contributed by atoms with Crippen LogP contribution in [-0.2, 0) is 0 Å². The maximum atomic E-state index is 9.84. The predicted octanol–water partition coefficient (Wildman–Crippen LogP) is 4.79. The summed E-state index contributed by atoms with van der Waals surface area (Å²) in [5.41, 5.74) is 3.01. The largest absolute Gasteiger partial charge is 0.508 e. The van der Waals surface area contributed by atoms with E-state index in [1.807, 2.05) is 24.3 Å². The quantitative estimate of drug-likeness (QED) is 0.444. The number of nitrogens with one attached hydrogen (secondary N) is 1. The molecular formula is C19H15BrN4O2S. The van der Waals surface area contributed by atoms with Gasteiger partial charge in [-0.3, -0.25) is 0 Å². The van der Waals surface area contributed by atoms with Crippen LogP contribution in [0.4, 0.5) is 5.69 Å². The molecule has 2 aromatic carbocycles. The number of hydrogen-bond acceptors (Lipinski definition) is 7. The molecule has 0 spiro atoms. The molecule has 0 radical (unpaired) electrons. The van der Waals surface area contributed by atoms with Crippen LogP contribution in [-0.4, -0.2) is 26.0 Å². The molecule has 0 saturated heterocycles. The van der Waals surface area contributed by atoms with E-state index < -0.39 is 6.23 Å². The van der Waals surface area contributed by atoms with Crippen molar-refractivity contribution in [2.24, 2.45) is 0 Å². The topological polar surface area (TPSA) is 80.2 Å². The fraction of sp³-hybridized carbons (Fsp3) is 0.105. The normalized spacial score (nSPS) is 14.9. The number of ether oxygens (including phenoxy) is 1. The highest BCUT2D eigenvalue weighted by atomic mass is 79.9. The summed E-state index contributed by atoms with van der Waals surface area (Å²) < 4.78 is 7.06. The first kappa shape index (κ1) is 17.8. The van der Waals surface area contributed by atoms with Gasteiger partial charge in [0.05, 0.1) is 0 Å². The van der Waals surface area contributed by atoms with E-state index in [-0.39, 0.29) is 5.75 Å². The molecule has 136 valence electrons. The number of benzene rings is 2. The van der Waals surface area contributed by atoms with E-state index in [4.69, 9.17) is 4.74 Å². The number of fused-ring (bicyclic) bond motifs is 3. The second-order valence-corrected chi connectivity index (χ2v) is 7.68. The van der Waals surface area contributed by atoms with Crippen molar-refractivity contribution >= 4 is 33.4 Å². The van der Waals surface area contributed by atoms with E-state index in [1.54, 1.807) is 24.3 Å². The van der Waals surface area contributed by atoms with Gasteiger partial charge in [-0.2, -0.15) is 4.98 Å². The second-order valence-electron chi connectivity index (χ2n) is 5.77.